The Morgan fingerprint density at radius 2 is 2.43 bits per heavy atom. The lowest BCUT2D eigenvalue weighted by atomic mass is 10.3. The normalized spacial score (nSPS) is 16.5. The highest BCUT2D eigenvalue weighted by molar-refractivity contribution is 5.01. The second-order valence-electron chi connectivity index (χ2n) is 3.87. The predicted octanol–water partition coefficient (Wildman–Crippen LogP) is 0.377. The van der Waals surface area contributed by atoms with Crippen molar-refractivity contribution >= 4 is 0 Å². The fourth-order valence-corrected chi connectivity index (χ4v) is 1.72. The van der Waals surface area contributed by atoms with Crippen LogP contribution in [0.15, 0.2) is 12.3 Å². The highest BCUT2D eigenvalue weighted by atomic mass is 16.3. The molecule has 0 bridgehead atoms. The fourth-order valence-electron chi connectivity index (χ4n) is 1.72. The van der Waals surface area contributed by atoms with Gasteiger partial charge in [0.15, 0.2) is 0 Å². The van der Waals surface area contributed by atoms with Crippen LogP contribution in [-0.4, -0.2) is 39.0 Å². The van der Waals surface area contributed by atoms with Crippen molar-refractivity contribution in [1.82, 2.24) is 14.7 Å². The van der Waals surface area contributed by atoms with E-state index in [2.05, 4.69) is 10.00 Å². The molecule has 1 aliphatic rings. The maximum atomic E-state index is 8.95. The second-order valence-corrected chi connectivity index (χ2v) is 3.87. The Balaban J connectivity index is 1.96. The summed E-state index contributed by atoms with van der Waals surface area (Å²) in [6.45, 7) is 1.92. The van der Waals surface area contributed by atoms with Crippen molar-refractivity contribution in [2.45, 2.75) is 25.4 Å². The van der Waals surface area contributed by atoms with Gasteiger partial charge in [-0.3, -0.25) is 9.58 Å². The summed E-state index contributed by atoms with van der Waals surface area (Å²) in [5.74, 6) is 0. The molecule has 1 aromatic heterocycles. The van der Waals surface area contributed by atoms with Gasteiger partial charge in [-0.1, -0.05) is 0 Å². The van der Waals surface area contributed by atoms with Crippen molar-refractivity contribution in [2.75, 3.05) is 13.2 Å². The van der Waals surface area contributed by atoms with Gasteiger partial charge in [-0.15, -0.1) is 0 Å². The lowest BCUT2D eigenvalue weighted by Crippen LogP contribution is -2.29. The van der Waals surface area contributed by atoms with Gasteiger partial charge in [0.25, 0.3) is 0 Å². The maximum absolute atomic E-state index is 8.95. The number of aryl methyl sites for hydroxylation is 1. The van der Waals surface area contributed by atoms with Crippen LogP contribution in [0.25, 0.3) is 0 Å². The van der Waals surface area contributed by atoms with E-state index >= 15 is 0 Å². The van der Waals surface area contributed by atoms with Crippen LogP contribution in [0.3, 0.4) is 0 Å². The number of aliphatic hydroxyl groups is 1. The van der Waals surface area contributed by atoms with Gasteiger partial charge < -0.3 is 5.11 Å². The molecule has 1 heterocycles. The van der Waals surface area contributed by atoms with Crippen molar-refractivity contribution in [3.05, 3.63) is 18.0 Å². The molecule has 14 heavy (non-hydrogen) atoms. The first-order chi connectivity index (χ1) is 6.81. The molecule has 0 unspecified atom stereocenters. The van der Waals surface area contributed by atoms with E-state index in [0.29, 0.717) is 6.04 Å². The zero-order valence-corrected chi connectivity index (χ0v) is 8.56. The number of aromatic nitrogens is 2. The summed E-state index contributed by atoms with van der Waals surface area (Å²) in [6.07, 6.45) is 4.37. The van der Waals surface area contributed by atoms with E-state index < -0.39 is 0 Å². The lowest BCUT2D eigenvalue weighted by Gasteiger charge is -2.20. The van der Waals surface area contributed by atoms with Gasteiger partial charge >= 0.3 is 0 Å². The molecular formula is C10H17N3O. The minimum Gasteiger partial charge on any atom is -0.395 e. The summed E-state index contributed by atoms with van der Waals surface area (Å²) in [5.41, 5.74) is 1.21. The van der Waals surface area contributed by atoms with Gasteiger partial charge in [-0.2, -0.15) is 5.10 Å². The summed E-state index contributed by atoms with van der Waals surface area (Å²) in [6, 6.07) is 2.73. The van der Waals surface area contributed by atoms with Crippen molar-refractivity contribution in [3.8, 4) is 0 Å². The minimum atomic E-state index is 0.244. The Kier molecular flexibility index (Phi) is 2.84. The van der Waals surface area contributed by atoms with Crippen LogP contribution in [0.4, 0.5) is 0 Å². The van der Waals surface area contributed by atoms with Crippen molar-refractivity contribution in [2.24, 2.45) is 7.05 Å². The Morgan fingerprint density at radius 3 is 2.93 bits per heavy atom. The number of hydrogen-bond donors (Lipinski definition) is 1. The molecule has 0 saturated heterocycles. The number of aliphatic hydroxyl groups excluding tert-OH is 1. The van der Waals surface area contributed by atoms with Gasteiger partial charge in [-0.05, 0) is 18.9 Å². The smallest absolute Gasteiger partial charge is 0.0558 e. The molecule has 0 aromatic carbocycles. The largest absolute Gasteiger partial charge is 0.395 e. The lowest BCUT2D eigenvalue weighted by molar-refractivity contribution is 0.180. The second kappa shape index (κ2) is 4.11. The molecule has 78 valence electrons. The zero-order valence-electron chi connectivity index (χ0n) is 8.56. The van der Waals surface area contributed by atoms with Gasteiger partial charge in [0, 0.05) is 32.4 Å². The van der Waals surface area contributed by atoms with Crippen LogP contribution in [0, 0.1) is 0 Å². The molecule has 1 fully saturated rings. The first-order valence-electron chi connectivity index (χ1n) is 5.13. The highest BCUT2D eigenvalue weighted by Crippen LogP contribution is 2.27. The van der Waals surface area contributed by atoms with Crippen molar-refractivity contribution < 1.29 is 5.11 Å². The van der Waals surface area contributed by atoms with Crippen LogP contribution in [-0.2, 0) is 13.6 Å². The van der Waals surface area contributed by atoms with E-state index in [1.165, 1.54) is 18.5 Å². The molecule has 1 saturated carbocycles. The van der Waals surface area contributed by atoms with E-state index in [0.717, 1.165) is 13.1 Å². The van der Waals surface area contributed by atoms with Crippen LogP contribution in [0.5, 0.6) is 0 Å². The van der Waals surface area contributed by atoms with Gasteiger partial charge in [-0.25, -0.2) is 0 Å². The molecule has 4 nitrogen and oxygen atoms in total. The third kappa shape index (κ3) is 2.13. The van der Waals surface area contributed by atoms with Gasteiger partial charge in [0.05, 0.1) is 12.3 Å². The predicted molar refractivity (Wildman–Crippen MR) is 53.7 cm³/mol. The number of nitrogens with zero attached hydrogens (tertiary/aromatic N) is 3. The van der Waals surface area contributed by atoms with E-state index in [4.69, 9.17) is 5.11 Å². The summed E-state index contributed by atoms with van der Waals surface area (Å²) in [4.78, 5) is 2.33. The summed E-state index contributed by atoms with van der Waals surface area (Å²) >= 11 is 0. The summed E-state index contributed by atoms with van der Waals surface area (Å²) in [7, 11) is 1.96. The quantitative estimate of drug-likeness (QED) is 0.738. The third-order valence-corrected chi connectivity index (χ3v) is 2.74. The van der Waals surface area contributed by atoms with Crippen LogP contribution >= 0.6 is 0 Å². The highest BCUT2D eigenvalue weighted by Gasteiger charge is 2.28. The standard InChI is InChI=1S/C10H17N3O/c1-12-10(4-5-11-12)8-13(6-7-14)9-2-3-9/h4-5,9,14H,2-3,6-8H2,1H3. The molecule has 0 aliphatic heterocycles. The third-order valence-electron chi connectivity index (χ3n) is 2.74. The Hall–Kier alpha value is -0.870. The molecule has 4 heteroatoms. The molecule has 1 N–H and O–H groups in total. The molecule has 0 atom stereocenters. The first kappa shape index (κ1) is 9.68. The molecule has 1 aliphatic carbocycles. The van der Waals surface area contributed by atoms with E-state index in [1.807, 2.05) is 24.0 Å². The van der Waals surface area contributed by atoms with E-state index in [1.54, 1.807) is 0 Å². The molecule has 0 amide bonds. The maximum Gasteiger partial charge on any atom is 0.0558 e. The minimum absolute atomic E-state index is 0.244. The van der Waals surface area contributed by atoms with Crippen molar-refractivity contribution in [1.29, 1.82) is 0 Å². The molecule has 0 radical (unpaired) electrons. The van der Waals surface area contributed by atoms with E-state index in [-0.39, 0.29) is 6.61 Å². The van der Waals surface area contributed by atoms with Gasteiger partial charge in [0.1, 0.15) is 0 Å². The fraction of sp³-hybridized carbons (Fsp3) is 0.700. The summed E-state index contributed by atoms with van der Waals surface area (Å²) < 4.78 is 1.90. The Morgan fingerprint density at radius 1 is 1.64 bits per heavy atom. The molecule has 2 rings (SSSR count). The van der Waals surface area contributed by atoms with Crippen LogP contribution in [0.1, 0.15) is 18.5 Å². The Labute approximate surface area is 84.1 Å². The number of rotatable bonds is 5. The topological polar surface area (TPSA) is 41.3 Å². The average molecular weight is 195 g/mol. The Bertz CT molecular complexity index is 293. The van der Waals surface area contributed by atoms with Gasteiger partial charge in [0.2, 0.25) is 0 Å². The molecule has 0 spiro atoms. The number of hydrogen-bond acceptors (Lipinski definition) is 3. The van der Waals surface area contributed by atoms with Crippen LogP contribution in [0.2, 0.25) is 0 Å². The SMILES string of the molecule is Cn1nccc1CN(CCO)C1CC1. The molecular weight excluding hydrogens is 178 g/mol. The van der Waals surface area contributed by atoms with Crippen molar-refractivity contribution in [3.63, 3.8) is 0 Å². The summed E-state index contributed by atoms with van der Waals surface area (Å²) in [5, 5.41) is 13.1. The zero-order chi connectivity index (χ0) is 9.97. The first-order valence-corrected chi connectivity index (χ1v) is 5.13. The van der Waals surface area contributed by atoms with Crippen LogP contribution < -0.4 is 0 Å². The average Bonchev–Trinajstić information content (AvgIpc) is 2.93. The molecule has 1 aromatic rings. The van der Waals surface area contributed by atoms with E-state index in [9.17, 15) is 0 Å². The monoisotopic (exact) mass is 195 g/mol.